The molecule has 0 spiro atoms. The predicted octanol–water partition coefficient (Wildman–Crippen LogP) is 5.23. The van der Waals surface area contributed by atoms with Crippen LogP contribution in [0.3, 0.4) is 0 Å². The monoisotopic (exact) mass is 417 g/mol. The number of hydrogen-bond donors (Lipinski definition) is 1. The lowest BCUT2D eigenvalue weighted by molar-refractivity contribution is -0.115. The van der Waals surface area contributed by atoms with E-state index in [2.05, 4.69) is 64.3 Å². The summed E-state index contributed by atoms with van der Waals surface area (Å²) in [6.45, 7) is 0. The maximum Gasteiger partial charge on any atom is 0.242 e. The quantitative estimate of drug-likeness (QED) is 0.579. The number of carbonyl (C=O) groups excluding carboxylic acids is 1. The van der Waals surface area contributed by atoms with E-state index < -0.39 is 0 Å². The second kappa shape index (κ2) is 5.59. The van der Waals surface area contributed by atoms with Gasteiger partial charge in [-0.05, 0) is 69.3 Å². The SMILES string of the molecule is O=C1Nc2ccc(I)cc2C1Sc1ccc2ccccc2c1. The molecule has 3 aromatic carbocycles. The highest BCUT2D eigenvalue weighted by molar-refractivity contribution is 14.1. The zero-order valence-electron chi connectivity index (χ0n) is 11.5. The highest BCUT2D eigenvalue weighted by atomic mass is 127. The van der Waals surface area contributed by atoms with Gasteiger partial charge >= 0.3 is 0 Å². The molecule has 0 aliphatic carbocycles. The summed E-state index contributed by atoms with van der Waals surface area (Å²) in [7, 11) is 0. The Kier molecular flexibility index (Phi) is 3.58. The highest BCUT2D eigenvalue weighted by Crippen LogP contribution is 2.44. The van der Waals surface area contributed by atoms with Crippen LogP contribution in [0.5, 0.6) is 0 Å². The molecule has 0 fully saturated rings. The Balaban J connectivity index is 1.70. The summed E-state index contributed by atoms with van der Waals surface area (Å²) >= 11 is 3.89. The van der Waals surface area contributed by atoms with E-state index in [4.69, 9.17) is 0 Å². The molecule has 1 heterocycles. The van der Waals surface area contributed by atoms with Crippen molar-refractivity contribution in [3.05, 3.63) is 69.8 Å². The molecular formula is C18H12INOS. The minimum absolute atomic E-state index is 0.0650. The smallest absolute Gasteiger partial charge is 0.242 e. The van der Waals surface area contributed by atoms with E-state index >= 15 is 0 Å². The standard InChI is InChI=1S/C18H12INOS/c19-13-6-8-16-15(10-13)17(18(21)20-16)22-14-7-5-11-3-1-2-4-12(11)9-14/h1-10,17H,(H,20,21). The van der Waals surface area contributed by atoms with Gasteiger partial charge in [0.05, 0.1) is 0 Å². The molecule has 3 aromatic rings. The number of rotatable bonds is 2. The van der Waals surface area contributed by atoms with Crippen molar-refractivity contribution in [2.24, 2.45) is 0 Å². The number of anilines is 1. The fourth-order valence-corrected chi connectivity index (χ4v) is 4.31. The van der Waals surface area contributed by atoms with E-state index in [1.165, 1.54) is 10.8 Å². The van der Waals surface area contributed by atoms with Crippen molar-refractivity contribution in [2.45, 2.75) is 10.1 Å². The second-order valence-electron chi connectivity index (χ2n) is 5.23. The summed E-state index contributed by atoms with van der Waals surface area (Å²) in [5.74, 6) is 0.0650. The molecule has 0 saturated heterocycles. The summed E-state index contributed by atoms with van der Waals surface area (Å²) in [6, 6.07) is 20.7. The third kappa shape index (κ3) is 2.50. The average molecular weight is 417 g/mol. The normalized spacial score (nSPS) is 16.6. The zero-order valence-corrected chi connectivity index (χ0v) is 14.5. The fourth-order valence-electron chi connectivity index (χ4n) is 2.70. The van der Waals surface area contributed by atoms with Crippen LogP contribution in [0.2, 0.25) is 0 Å². The van der Waals surface area contributed by atoms with E-state index in [0.29, 0.717) is 0 Å². The topological polar surface area (TPSA) is 29.1 Å². The first-order valence-electron chi connectivity index (χ1n) is 6.96. The summed E-state index contributed by atoms with van der Waals surface area (Å²) in [4.78, 5) is 13.4. The maximum absolute atomic E-state index is 12.3. The Hall–Kier alpha value is -1.53. The summed E-state index contributed by atoms with van der Waals surface area (Å²) in [5, 5.41) is 5.22. The van der Waals surface area contributed by atoms with Gasteiger partial charge in [-0.1, -0.05) is 30.3 Å². The minimum atomic E-state index is -0.175. The maximum atomic E-state index is 12.3. The zero-order chi connectivity index (χ0) is 15.1. The van der Waals surface area contributed by atoms with Crippen LogP contribution in [0.4, 0.5) is 5.69 Å². The predicted molar refractivity (Wildman–Crippen MR) is 100 cm³/mol. The number of benzene rings is 3. The van der Waals surface area contributed by atoms with Crippen molar-refractivity contribution < 1.29 is 4.79 Å². The molecule has 0 radical (unpaired) electrons. The molecule has 22 heavy (non-hydrogen) atoms. The molecule has 108 valence electrons. The van der Waals surface area contributed by atoms with E-state index in [1.54, 1.807) is 11.8 Å². The number of thioether (sulfide) groups is 1. The van der Waals surface area contributed by atoms with Crippen LogP contribution in [0.15, 0.2) is 65.6 Å². The number of fused-ring (bicyclic) bond motifs is 2. The number of carbonyl (C=O) groups is 1. The molecule has 0 aromatic heterocycles. The molecule has 4 heteroatoms. The van der Waals surface area contributed by atoms with Gasteiger partial charge in [0.15, 0.2) is 0 Å². The number of halogens is 1. The third-order valence-corrected chi connectivity index (χ3v) is 5.67. The minimum Gasteiger partial charge on any atom is -0.325 e. The van der Waals surface area contributed by atoms with Gasteiger partial charge in [0, 0.05) is 14.2 Å². The molecule has 1 amide bonds. The lowest BCUT2D eigenvalue weighted by atomic mass is 10.1. The van der Waals surface area contributed by atoms with Crippen LogP contribution in [-0.4, -0.2) is 5.91 Å². The molecule has 1 N–H and O–H groups in total. The number of amides is 1. The van der Waals surface area contributed by atoms with E-state index in [-0.39, 0.29) is 11.2 Å². The summed E-state index contributed by atoms with van der Waals surface area (Å²) < 4.78 is 1.15. The first kappa shape index (κ1) is 14.1. The highest BCUT2D eigenvalue weighted by Gasteiger charge is 2.31. The van der Waals surface area contributed by atoms with Crippen LogP contribution in [0.1, 0.15) is 10.8 Å². The molecule has 2 nitrogen and oxygen atoms in total. The lowest BCUT2D eigenvalue weighted by Gasteiger charge is -2.10. The lowest BCUT2D eigenvalue weighted by Crippen LogP contribution is -2.08. The molecule has 1 aliphatic rings. The van der Waals surface area contributed by atoms with E-state index in [1.807, 2.05) is 24.3 Å². The van der Waals surface area contributed by atoms with Gasteiger partial charge in [0.1, 0.15) is 5.25 Å². The van der Waals surface area contributed by atoms with Crippen molar-refractivity contribution in [3.63, 3.8) is 0 Å². The molecule has 1 unspecified atom stereocenters. The van der Waals surface area contributed by atoms with E-state index in [0.717, 1.165) is 19.7 Å². The van der Waals surface area contributed by atoms with E-state index in [9.17, 15) is 4.79 Å². The van der Waals surface area contributed by atoms with Crippen LogP contribution in [0, 0.1) is 3.57 Å². The second-order valence-corrected chi connectivity index (χ2v) is 7.65. The van der Waals surface area contributed by atoms with Crippen molar-refractivity contribution in [1.29, 1.82) is 0 Å². The molecule has 1 aliphatic heterocycles. The van der Waals surface area contributed by atoms with Gasteiger partial charge in [0.25, 0.3) is 0 Å². The molecule has 1 atom stereocenters. The Morgan fingerprint density at radius 3 is 2.64 bits per heavy atom. The van der Waals surface area contributed by atoms with Crippen LogP contribution < -0.4 is 5.32 Å². The molecular weight excluding hydrogens is 405 g/mol. The van der Waals surface area contributed by atoms with Crippen molar-refractivity contribution in [3.8, 4) is 0 Å². The largest absolute Gasteiger partial charge is 0.325 e. The van der Waals surface area contributed by atoms with Crippen molar-refractivity contribution >= 4 is 56.7 Å². The summed E-state index contributed by atoms with van der Waals surface area (Å²) in [5.41, 5.74) is 2.01. The Morgan fingerprint density at radius 2 is 1.77 bits per heavy atom. The van der Waals surface area contributed by atoms with Gasteiger partial charge in [-0.15, -0.1) is 11.8 Å². The fraction of sp³-hybridized carbons (Fsp3) is 0.0556. The van der Waals surface area contributed by atoms with Crippen LogP contribution >= 0.6 is 34.4 Å². The van der Waals surface area contributed by atoms with Gasteiger partial charge in [-0.2, -0.15) is 0 Å². The van der Waals surface area contributed by atoms with Gasteiger partial charge in [-0.25, -0.2) is 0 Å². The molecule has 4 rings (SSSR count). The molecule has 0 saturated carbocycles. The third-order valence-electron chi connectivity index (χ3n) is 3.77. The van der Waals surface area contributed by atoms with Gasteiger partial charge in [0.2, 0.25) is 5.91 Å². The van der Waals surface area contributed by atoms with Crippen molar-refractivity contribution in [1.82, 2.24) is 0 Å². The number of hydrogen-bond acceptors (Lipinski definition) is 2. The van der Waals surface area contributed by atoms with Gasteiger partial charge < -0.3 is 5.32 Å². The average Bonchev–Trinajstić information content (AvgIpc) is 2.83. The first-order valence-corrected chi connectivity index (χ1v) is 8.92. The van der Waals surface area contributed by atoms with Crippen molar-refractivity contribution in [2.75, 3.05) is 5.32 Å². The van der Waals surface area contributed by atoms with Gasteiger partial charge in [-0.3, -0.25) is 4.79 Å². The van der Waals surface area contributed by atoms with Crippen LogP contribution in [-0.2, 0) is 4.79 Å². The molecule has 0 bridgehead atoms. The number of nitrogens with one attached hydrogen (secondary N) is 1. The first-order chi connectivity index (χ1) is 10.7. The van der Waals surface area contributed by atoms with Crippen LogP contribution in [0.25, 0.3) is 10.8 Å². The Labute approximate surface area is 146 Å². The Bertz CT molecular complexity index is 893. The Morgan fingerprint density at radius 1 is 0.955 bits per heavy atom. The summed E-state index contributed by atoms with van der Waals surface area (Å²) in [6.07, 6.45) is 0.